The van der Waals surface area contributed by atoms with Crippen LogP contribution < -0.4 is 9.62 Å². The standard InChI is InChI=1S/C19H19ClN2O4S/c1-3-13-4-6-14(7-5-13)21-18(23)16-9-8-15(10-17(16)20)22-19(24)12(2)11-27(22,25)26/h4-10,12H,3,11H2,1-2H3,(H,21,23). The Morgan fingerprint density at radius 1 is 1.22 bits per heavy atom. The van der Waals surface area contributed by atoms with E-state index in [0.29, 0.717) is 5.69 Å². The van der Waals surface area contributed by atoms with E-state index in [2.05, 4.69) is 5.32 Å². The van der Waals surface area contributed by atoms with Gasteiger partial charge in [0.15, 0.2) is 0 Å². The Labute approximate surface area is 163 Å². The van der Waals surface area contributed by atoms with Gasteiger partial charge in [-0.2, -0.15) is 0 Å². The first-order valence-electron chi connectivity index (χ1n) is 8.49. The molecule has 2 aromatic rings. The van der Waals surface area contributed by atoms with Crippen LogP contribution in [0.15, 0.2) is 42.5 Å². The SMILES string of the molecule is CCc1ccc(NC(=O)c2ccc(N3C(=O)C(C)CS3(=O)=O)cc2Cl)cc1. The van der Waals surface area contributed by atoms with Crippen molar-refractivity contribution in [2.45, 2.75) is 20.3 Å². The lowest BCUT2D eigenvalue weighted by Crippen LogP contribution is -2.30. The lowest BCUT2D eigenvalue weighted by Gasteiger charge is -2.16. The quantitative estimate of drug-likeness (QED) is 0.842. The van der Waals surface area contributed by atoms with Gasteiger partial charge in [0.05, 0.1) is 27.9 Å². The highest BCUT2D eigenvalue weighted by Gasteiger charge is 2.42. The molecule has 142 valence electrons. The summed E-state index contributed by atoms with van der Waals surface area (Å²) in [4.78, 5) is 24.6. The number of benzene rings is 2. The molecule has 0 spiro atoms. The molecule has 8 heteroatoms. The van der Waals surface area contributed by atoms with Crippen molar-refractivity contribution in [3.05, 3.63) is 58.6 Å². The van der Waals surface area contributed by atoms with Crippen molar-refractivity contribution in [1.29, 1.82) is 0 Å². The fourth-order valence-electron chi connectivity index (χ4n) is 2.92. The zero-order valence-electron chi connectivity index (χ0n) is 14.9. The molecule has 1 N–H and O–H groups in total. The molecule has 1 unspecified atom stereocenters. The van der Waals surface area contributed by atoms with E-state index in [1.807, 2.05) is 19.1 Å². The van der Waals surface area contributed by atoms with E-state index >= 15 is 0 Å². The van der Waals surface area contributed by atoms with E-state index in [-0.39, 0.29) is 22.0 Å². The average molecular weight is 407 g/mol. The molecule has 1 saturated heterocycles. The van der Waals surface area contributed by atoms with E-state index in [1.165, 1.54) is 18.2 Å². The third-order valence-electron chi connectivity index (χ3n) is 4.41. The number of hydrogen-bond acceptors (Lipinski definition) is 4. The van der Waals surface area contributed by atoms with Gasteiger partial charge in [0.25, 0.3) is 5.91 Å². The monoisotopic (exact) mass is 406 g/mol. The summed E-state index contributed by atoms with van der Waals surface area (Å²) in [6, 6.07) is 11.6. The first kappa shape index (κ1) is 19.4. The Hall–Kier alpha value is -2.38. The molecule has 27 heavy (non-hydrogen) atoms. The van der Waals surface area contributed by atoms with Gasteiger partial charge in [0.2, 0.25) is 15.9 Å². The lowest BCUT2D eigenvalue weighted by atomic mass is 10.1. The van der Waals surface area contributed by atoms with Crippen LogP contribution in [0.5, 0.6) is 0 Å². The Kier molecular flexibility index (Phi) is 5.26. The van der Waals surface area contributed by atoms with Crippen LogP contribution in [0.4, 0.5) is 11.4 Å². The van der Waals surface area contributed by atoms with Crippen LogP contribution in [-0.2, 0) is 21.2 Å². The number of halogens is 1. The molecular weight excluding hydrogens is 388 g/mol. The second-order valence-corrected chi connectivity index (χ2v) is 8.72. The second kappa shape index (κ2) is 7.32. The Morgan fingerprint density at radius 2 is 1.89 bits per heavy atom. The van der Waals surface area contributed by atoms with Crippen molar-refractivity contribution in [3.63, 3.8) is 0 Å². The number of nitrogens with zero attached hydrogens (tertiary/aromatic N) is 1. The van der Waals surface area contributed by atoms with Crippen molar-refractivity contribution < 1.29 is 18.0 Å². The number of amides is 2. The number of nitrogens with one attached hydrogen (secondary N) is 1. The number of carbonyl (C=O) groups is 2. The van der Waals surface area contributed by atoms with Gasteiger partial charge in [0.1, 0.15) is 0 Å². The summed E-state index contributed by atoms with van der Waals surface area (Å²) in [6.07, 6.45) is 0.901. The van der Waals surface area contributed by atoms with Gasteiger partial charge >= 0.3 is 0 Å². The van der Waals surface area contributed by atoms with Crippen LogP contribution in [0.2, 0.25) is 5.02 Å². The molecule has 2 aromatic carbocycles. The molecule has 2 amide bonds. The number of rotatable bonds is 4. The molecule has 1 fully saturated rings. The van der Waals surface area contributed by atoms with Crippen molar-refractivity contribution >= 4 is 44.8 Å². The van der Waals surface area contributed by atoms with Crippen LogP contribution in [0.1, 0.15) is 29.8 Å². The third-order valence-corrected chi connectivity index (χ3v) is 6.59. The number of anilines is 2. The first-order valence-corrected chi connectivity index (χ1v) is 10.5. The largest absolute Gasteiger partial charge is 0.322 e. The smallest absolute Gasteiger partial charge is 0.257 e. The Bertz CT molecular complexity index is 1000. The van der Waals surface area contributed by atoms with Gasteiger partial charge in [-0.3, -0.25) is 9.59 Å². The van der Waals surface area contributed by atoms with Crippen molar-refractivity contribution in [2.75, 3.05) is 15.4 Å². The van der Waals surface area contributed by atoms with Crippen molar-refractivity contribution in [1.82, 2.24) is 0 Å². The van der Waals surface area contributed by atoms with Crippen LogP contribution in [0, 0.1) is 5.92 Å². The van der Waals surface area contributed by atoms with E-state index in [4.69, 9.17) is 11.6 Å². The number of carbonyl (C=O) groups excluding carboxylic acids is 2. The molecule has 0 aromatic heterocycles. The highest BCUT2D eigenvalue weighted by Crippen LogP contribution is 2.31. The summed E-state index contributed by atoms with van der Waals surface area (Å²) in [7, 11) is -3.72. The highest BCUT2D eigenvalue weighted by atomic mass is 35.5. The molecule has 1 aliphatic heterocycles. The minimum Gasteiger partial charge on any atom is -0.322 e. The molecule has 1 heterocycles. The predicted octanol–water partition coefficient (Wildman–Crippen LogP) is 3.47. The summed E-state index contributed by atoms with van der Waals surface area (Å²) >= 11 is 6.20. The summed E-state index contributed by atoms with van der Waals surface area (Å²) in [6.45, 7) is 3.61. The minimum absolute atomic E-state index is 0.0673. The molecule has 1 aliphatic rings. The van der Waals surface area contributed by atoms with Gasteiger partial charge in [-0.1, -0.05) is 37.6 Å². The van der Waals surface area contributed by atoms with E-state index in [9.17, 15) is 18.0 Å². The predicted molar refractivity (Wildman–Crippen MR) is 106 cm³/mol. The zero-order chi connectivity index (χ0) is 19.8. The maximum Gasteiger partial charge on any atom is 0.257 e. The lowest BCUT2D eigenvalue weighted by molar-refractivity contribution is -0.119. The summed E-state index contributed by atoms with van der Waals surface area (Å²) in [5.74, 6) is -1.76. The zero-order valence-corrected chi connectivity index (χ0v) is 16.5. The van der Waals surface area contributed by atoms with Crippen LogP contribution in [0.3, 0.4) is 0 Å². The Morgan fingerprint density at radius 3 is 2.41 bits per heavy atom. The second-order valence-electron chi connectivity index (χ2n) is 6.45. The van der Waals surface area contributed by atoms with Crippen molar-refractivity contribution in [2.24, 2.45) is 5.92 Å². The maximum atomic E-state index is 12.5. The van der Waals surface area contributed by atoms with E-state index in [1.54, 1.807) is 19.1 Å². The topological polar surface area (TPSA) is 83.6 Å². The molecule has 0 bridgehead atoms. The van der Waals surface area contributed by atoms with Gasteiger partial charge in [-0.05, 0) is 42.3 Å². The fraction of sp³-hybridized carbons (Fsp3) is 0.263. The van der Waals surface area contributed by atoms with Crippen LogP contribution in [-0.4, -0.2) is 26.0 Å². The maximum absolute atomic E-state index is 12.5. The van der Waals surface area contributed by atoms with Gasteiger partial charge in [0, 0.05) is 5.69 Å². The van der Waals surface area contributed by atoms with E-state index < -0.39 is 27.8 Å². The van der Waals surface area contributed by atoms with Crippen LogP contribution in [0.25, 0.3) is 0 Å². The van der Waals surface area contributed by atoms with E-state index in [0.717, 1.165) is 16.3 Å². The summed E-state index contributed by atoms with van der Waals surface area (Å²) in [5, 5.41) is 2.82. The Balaban J connectivity index is 1.84. The molecule has 0 saturated carbocycles. The normalized spacial score (nSPS) is 18.6. The van der Waals surface area contributed by atoms with Gasteiger partial charge in [-0.25, -0.2) is 12.7 Å². The average Bonchev–Trinajstić information content (AvgIpc) is 2.82. The number of hydrogen-bond donors (Lipinski definition) is 1. The fourth-order valence-corrected chi connectivity index (χ4v) is 5.00. The summed E-state index contributed by atoms with van der Waals surface area (Å²) < 4.78 is 25.1. The van der Waals surface area contributed by atoms with Gasteiger partial charge in [-0.15, -0.1) is 0 Å². The number of aryl methyl sites for hydroxylation is 1. The third kappa shape index (κ3) is 3.84. The minimum atomic E-state index is -3.72. The molecular formula is C19H19ClN2O4S. The molecule has 3 rings (SSSR count). The summed E-state index contributed by atoms with van der Waals surface area (Å²) in [5.41, 5.74) is 2.11. The highest BCUT2D eigenvalue weighted by molar-refractivity contribution is 7.94. The molecule has 0 aliphatic carbocycles. The van der Waals surface area contributed by atoms with Crippen LogP contribution >= 0.6 is 11.6 Å². The van der Waals surface area contributed by atoms with Gasteiger partial charge < -0.3 is 5.32 Å². The molecule has 0 radical (unpaired) electrons. The molecule has 6 nitrogen and oxygen atoms in total. The number of sulfonamides is 1. The first-order chi connectivity index (χ1) is 12.7. The van der Waals surface area contributed by atoms with Crippen molar-refractivity contribution in [3.8, 4) is 0 Å². The molecule has 1 atom stereocenters.